The van der Waals surface area contributed by atoms with E-state index in [1.807, 2.05) is 6.07 Å². The fraction of sp³-hybridized carbons (Fsp3) is 0.571. The maximum absolute atomic E-state index is 13.8. The van der Waals surface area contributed by atoms with E-state index in [9.17, 15) is 4.39 Å². The van der Waals surface area contributed by atoms with Gasteiger partial charge in [-0.25, -0.2) is 4.39 Å². The Morgan fingerprint density at radius 2 is 2.00 bits per heavy atom. The van der Waals surface area contributed by atoms with Crippen molar-refractivity contribution in [3.8, 4) is 5.75 Å². The quantitative estimate of drug-likeness (QED) is 0.795. The summed E-state index contributed by atoms with van der Waals surface area (Å²) in [7, 11) is 0. The third kappa shape index (κ3) is 2.90. The third-order valence-corrected chi connectivity index (χ3v) is 2.95. The summed E-state index contributed by atoms with van der Waals surface area (Å²) in [5.74, 6) is 0.569. The first-order chi connectivity index (χ1) is 8.18. The van der Waals surface area contributed by atoms with E-state index in [1.54, 1.807) is 6.07 Å². The maximum Gasteiger partial charge on any atom is 0.178 e. The number of benzene rings is 1. The second-order valence-corrected chi connectivity index (χ2v) is 4.99. The van der Waals surface area contributed by atoms with Crippen LogP contribution in [0.25, 0.3) is 0 Å². The molecule has 1 aromatic carbocycles. The van der Waals surface area contributed by atoms with E-state index < -0.39 is 0 Å². The van der Waals surface area contributed by atoms with Crippen LogP contribution in [-0.4, -0.2) is 19.7 Å². The van der Waals surface area contributed by atoms with Crippen LogP contribution in [0.1, 0.15) is 26.7 Å². The number of halogens is 1. The van der Waals surface area contributed by atoms with Crippen molar-refractivity contribution in [2.75, 3.05) is 24.6 Å². The van der Waals surface area contributed by atoms with Crippen molar-refractivity contribution in [2.24, 2.45) is 5.92 Å². The number of hydrogen-bond donors (Lipinski definition) is 0. The SMILES string of the molecule is CC(C)COc1c(F)cccc1N1CCCC1. The fourth-order valence-corrected chi connectivity index (χ4v) is 2.10. The second kappa shape index (κ2) is 5.39. The van der Waals surface area contributed by atoms with Gasteiger partial charge in [-0.2, -0.15) is 0 Å². The first-order valence-corrected chi connectivity index (χ1v) is 6.34. The van der Waals surface area contributed by atoms with E-state index in [2.05, 4.69) is 18.7 Å². The molecule has 2 rings (SSSR count). The van der Waals surface area contributed by atoms with Gasteiger partial charge < -0.3 is 9.64 Å². The van der Waals surface area contributed by atoms with Gasteiger partial charge in [-0.1, -0.05) is 19.9 Å². The molecule has 2 nitrogen and oxygen atoms in total. The van der Waals surface area contributed by atoms with Gasteiger partial charge in [-0.05, 0) is 30.9 Å². The molecule has 0 aromatic heterocycles. The molecule has 0 saturated carbocycles. The van der Waals surface area contributed by atoms with Crippen LogP contribution in [-0.2, 0) is 0 Å². The van der Waals surface area contributed by atoms with E-state index in [0.29, 0.717) is 18.3 Å². The zero-order valence-corrected chi connectivity index (χ0v) is 10.6. The lowest BCUT2D eigenvalue weighted by Gasteiger charge is -2.22. The molecule has 0 amide bonds. The minimum absolute atomic E-state index is 0.255. The highest BCUT2D eigenvalue weighted by Gasteiger charge is 2.19. The summed E-state index contributed by atoms with van der Waals surface area (Å²) < 4.78 is 19.4. The molecule has 3 heteroatoms. The van der Waals surface area contributed by atoms with Crippen molar-refractivity contribution in [1.29, 1.82) is 0 Å². The Kier molecular flexibility index (Phi) is 3.87. The molecule has 0 aliphatic carbocycles. The van der Waals surface area contributed by atoms with Crippen LogP contribution in [0, 0.1) is 11.7 Å². The Hall–Kier alpha value is -1.25. The largest absolute Gasteiger partial charge is 0.488 e. The molecule has 1 aliphatic heterocycles. The van der Waals surface area contributed by atoms with Crippen molar-refractivity contribution in [2.45, 2.75) is 26.7 Å². The van der Waals surface area contributed by atoms with Crippen LogP contribution in [0.5, 0.6) is 5.75 Å². The molecular weight excluding hydrogens is 217 g/mol. The molecule has 0 radical (unpaired) electrons. The average molecular weight is 237 g/mol. The number of hydrogen-bond acceptors (Lipinski definition) is 2. The first-order valence-electron chi connectivity index (χ1n) is 6.34. The van der Waals surface area contributed by atoms with Crippen LogP contribution in [0.3, 0.4) is 0 Å². The van der Waals surface area contributed by atoms with Crippen molar-refractivity contribution in [3.05, 3.63) is 24.0 Å². The van der Waals surface area contributed by atoms with Gasteiger partial charge >= 0.3 is 0 Å². The number of ether oxygens (including phenoxy) is 1. The predicted molar refractivity (Wildman–Crippen MR) is 68.2 cm³/mol. The number of rotatable bonds is 4. The molecule has 1 saturated heterocycles. The average Bonchev–Trinajstić information content (AvgIpc) is 2.80. The van der Waals surface area contributed by atoms with Gasteiger partial charge in [0.25, 0.3) is 0 Å². The Morgan fingerprint density at radius 1 is 1.29 bits per heavy atom. The highest BCUT2D eigenvalue weighted by atomic mass is 19.1. The van der Waals surface area contributed by atoms with Gasteiger partial charge in [-0.15, -0.1) is 0 Å². The van der Waals surface area contributed by atoms with Gasteiger partial charge in [0.1, 0.15) is 0 Å². The summed E-state index contributed by atoms with van der Waals surface area (Å²) in [5.41, 5.74) is 0.906. The standard InChI is InChI=1S/C14H20FNO/c1-11(2)10-17-14-12(15)6-5-7-13(14)16-8-3-4-9-16/h5-7,11H,3-4,8-10H2,1-2H3. The van der Waals surface area contributed by atoms with Crippen molar-refractivity contribution in [1.82, 2.24) is 0 Å². The van der Waals surface area contributed by atoms with E-state index in [1.165, 1.54) is 18.9 Å². The Morgan fingerprint density at radius 3 is 2.65 bits per heavy atom. The highest BCUT2D eigenvalue weighted by Crippen LogP contribution is 2.33. The van der Waals surface area contributed by atoms with E-state index in [0.717, 1.165) is 18.8 Å². The van der Waals surface area contributed by atoms with Crippen LogP contribution >= 0.6 is 0 Å². The molecule has 1 aliphatic rings. The second-order valence-electron chi connectivity index (χ2n) is 4.99. The Balaban J connectivity index is 2.20. The normalized spacial score (nSPS) is 15.6. The van der Waals surface area contributed by atoms with E-state index in [-0.39, 0.29) is 5.82 Å². The van der Waals surface area contributed by atoms with Crippen LogP contribution in [0.2, 0.25) is 0 Å². The van der Waals surface area contributed by atoms with E-state index >= 15 is 0 Å². The lowest BCUT2D eigenvalue weighted by atomic mass is 10.2. The molecule has 1 aromatic rings. The Labute approximate surface area is 102 Å². The lowest BCUT2D eigenvalue weighted by molar-refractivity contribution is 0.260. The molecule has 17 heavy (non-hydrogen) atoms. The fourth-order valence-electron chi connectivity index (χ4n) is 2.10. The summed E-state index contributed by atoms with van der Waals surface area (Å²) in [6, 6.07) is 5.17. The molecule has 1 heterocycles. The number of para-hydroxylation sites is 1. The number of nitrogens with zero attached hydrogens (tertiary/aromatic N) is 1. The molecular formula is C14H20FNO. The third-order valence-electron chi connectivity index (χ3n) is 2.95. The monoisotopic (exact) mass is 237 g/mol. The molecule has 0 N–H and O–H groups in total. The molecule has 0 bridgehead atoms. The summed E-state index contributed by atoms with van der Waals surface area (Å²) in [4.78, 5) is 2.21. The molecule has 0 atom stereocenters. The van der Waals surface area contributed by atoms with Gasteiger partial charge in [0.2, 0.25) is 0 Å². The van der Waals surface area contributed by atoms with Crippen LogP contribution in [0.15, 0.2) is 18.2 Å². The highest BCUT2D eigenvalue weighted by molar-refractivity contribution is 5.59. The van der Waals surface area contributed by atoms with Gasteiger partial charge in [0.05, 0.1) is 12.3 Å². The number of anilines is 1. The first kappa shape index (κ1) is 12.2. The minimum atomic E-state index is -0.255. The van der Waals surface area contributed by atoms with Crippen molar-refractivity contribution in [3.63, 3.8) is 0 Å². The van der Waals surface area contributed by atoms with Gasteiger partial charge in [-0.3, -0.25) is 0 Å². The predicted octanol–water partition coefficient (Wildman–Crippen LogP) is 3.46. The molecule has 0 unspecified atom stereocenters. The molecule has 94 valence electrons. The van der Waals surface area contributed by atoms with Crippen LogP contribution in [0.4, 0.5) is 10.1 Å². The Bertz CT molecular complexity index is 372. The summed E-state index contributed by atoms with van der Waals surface area (Å²) in [5, 5.41) is 0. The lowest BCUT2D eigenvalue weighted by Crippen LogP contribution is -2.19. The molecule has 0 spiro atoms. The zero-order chi connectivity index (χ0) is 12.3. The van der Waals surface area contributed by atoms with Gasteiger partial charge in [0.15, 0.2) is 11.6 Å². The smallest absolute Gasteiger partial charge is 0.178 e. The van der Waals surface area contributed by atoms with Crippen LogP contribution < -0.4 is 9.64 Å². The van der Waals surface area contributed by atoms with Gasteiger partial charge in [0, 0.05) is 13.1 Å². The zero-order valence-electron chi connectivity index (χ0n) is 10.6. The summed E-state index contributed by atoms with van der Waals surface area (Å²) >= 11 is 0. The summed E-state index contributed by atoms with van der Waals surface area (Å²) in [6.45, 7) is 6.69. The molecule has 1 fully saturated rings. The minimum Gasteiger partial charge on any atom is -0.488 e. The maximum atomic E-state index is 13.8. The van der Waals surface area contributed by atoms with Crippen molar-refractivity contribution < 1.29 is 9.13 Å². The van der Waals surface area contributed by atoms with Crippen molar-refractivity contribution >= 4 is 5.69 Å². The summed E-state index contributed by atoms with van der Waals surface area (Å²) in [6.07, 6.45) is 2.36. The van der Waals surface area contributed by atoms with E-state index in [4.69, 9.17) is 4.74 Å². The topological polar surface area (TPSA) is 12.5 Å².